The second-order valence-electron chi connectivity index (χ2n) is 5.97. The van der Waals surface area contributed by atoms with Crippen LogP contribution in [0, 0.1) is 16.0 Å². The Morgan fingerprint density at radius 3 is 2.67 bits per heavy atom. The van der Waals surface area contributed by atoms with Crippen LogP contribution in [-0.2, 0) is 4.79 Å². The van der Waals surface area contributed by atoms with Crippen LogP contribution in [0.15, 0.2) is 24.3 Å². The van der Waals surface area contributed by atoms with Crippen LogP contribution in [0.3, 0.4) is 0 Å². The molecule has 1 aromatic carbocycles. The van der Waals surface area contributed by atoms with Crippen LogP contribution in [0.4, 0.5) is 5.69 Å². The van der Waals surface area contributed by atoms with E-state index in [0.29, 0.717) is 11.9 Å². The fourth-order valence-electron chi connectivity index (χ4n) is 2.53. The first-order valence-electron chi connectivity index (χ1n) is 7.56. The lowest BCUT2D eigenvalue weighted by atomic mass is 10.2. The summed E-state index contributed by atoms with van der Waals surface area (Å²) in [4.78, 5) is 38.3. The van der Waals surface area contributed by atoms with Gasteiger partial charge in [0.25, 0.3) is 11.6 Å². The van der Waals surface area contributed by atoms with Gasteiger partial charge in [0.1, 0.15) is 11.2 Å². The van der Waals surface area contributed by atoms with Gasteiger partial charge in [0.05, 0.1) is 11.3 Å². The molecule has 0 saturated carbocycles. The third kappa shape index (κ3) is 3.89. The van der Waals surface area contributed by atoms with Crippen molar-refractivity contribution in [3.8, 4) is 0 Å². The Kier molecular flexibility index (Phi) is 5.18. The first kappa shape index (κ1) is 17.5. The summed E-state index contributed by atoms with van der Waals surface area (Å²) in [5.41, 5.74) is 0.395. The third-order valence-electron chi connectivity index (χ3n) is 3.53. The molecule has 24 heavy (non-hydrogen) atoms. The number of benzene rings is 1. The number of para-hydroxylation sites is 1. The number of fused-ring (bicyclic) bond motifs is 1. The van der Waals surface area contributed by atoms with Crippen molar-refractivity contribution in [1.82, 2.24) is 9.88 Å². The summed E-state index contributed by atoms with van der Waals surface area (Å²) in [6.45, 7) is 4.35. The number of nitro groups is 1. The van der Waals surface area contributed by atoms with Crippen LogP contribution in [0.1, 0.15) is 30.8 Å². The third-order valence-corrected chi connectivity index (χ3v) is 3.53. The summed E-state index contributed by atoms with van der Waals surface area (Å²) in [5, 5.41) is 20.5. The molecule has 0 atom stereocenters. The Morgan fingerprint density at radius 2 is 2.08 bits per heavy atom. The normalized spacial score (nSPS) is 11.0. The summed E-state index contributed by atoms with van der Waals surface area (Å²) >= 11 is 0. The molecule has 2 N–H and O–H groups in total. The summed E-state index contributed by atoms with van der Waals surface area (Å²) in [6, 6.07) is 6.15. The van der Waals surface area contributed by atoms with Gasteiger partial charge in [-0.3, -0.25) is 19.7 Å². The summed E-state index contributed by atoms with van der Waals surface area (Å²) < 4.78 is 0. The van der Waals surface area contributed by atoms with E-state index in [9.17, 15) is 19.7 Å². The highest BCUT2D eigenvalue weighted by molar-refractivity contribution is 6.00. The number of hydrogen-bond acceptors (Lipinski definition) is 4. The standard InChI is InChI=1S/C16H19N3O5/c1-10(2)9-18(7-6-14(20)21)16(22)12-8-11-4-3-5-13(19(23)24)15(11)17-12/h3-5,8,10,17H,6-7,9H2,1-2H3,(H,20,21). The quantitative estimate of drug-likeness (QED) is 0.597. The van der Waals surface area contributed by atoms with Gasteiger partial charge >= 0.3 is 5.97 Å². The lowest BCUT2D eigenvalue weighted by Crippen LogP contribution is -2.36. The lowest BCUT2D eigenvalue weighted by molar-refractivity contribution is -0.383. The Balaban J connectivity index is 2.34. The maximum Gasteiger partial charge on any atom is 0.305 e. The molecule has 0 spiro atoms. The fraction of sp³-hybridized carbons (Fsp3) is 0.375. The molecule has 0 aliphatic heterocycles. The van der Waals surface area contributed by atoms with Crippen molar-refractivity contribution in [3.05, 3.63) is 40.1 Å². The number of aromatic amines is 1. The van der Waals surface area contributed by atoms with Gasteiger partial charge in [-0.1, -0.05) is 26.0 Å². The molecule has 0 radical (unpaired) electrons. The minimum atomic E-state index is -0.983. The molecular weight excluding hydrogens is 314 g/mol. The predicted molar refractivity (Wildman–Crippen MR) is 87.9 cm³/mol. The number of non-ortho nitro benzene ring substituents is 1. The van der Waals surface area contributed by atoms with Crippen LogP contribution in [-0.4, -0.2) is 44.9 Å². The highest BCUT2D eigenvalue weighted by atomic mass is 16.6. The topological polar surface area (TPSA) is 117 Å². The minimum absolute atomic E-state index is 0.0871. The smallest absolute Gasteiger partial charge is 0.305 e. The van der Waals surface area contributed by atoms with E-state index >= 15 is 0 Å². The van der Waals surface area contributed by atoms with Gasteiger partial charge in [0.2, 0.25) is 0 Å². The summed E-state index contributed by atoms with van der Waals surface area (Å²) in [5.74, 6) is -1.18. The average Bonchev–Trinajstić information content (AvgIpc) is 2.93. The zero-order valence-corrected chi connectivity index (χ0v) is 13.5. The number of nitro benzene ring substituents is 1. The number of H-pyrrole nitrogens is 1. The molecule has 8 nitrogen and oxygen atoms in total. The maximum absolute atomic E-state index is 12.7. The van der Waals surface area contributed by atoms with Crippen LogP contribution < -0.4 is 0 Å². The molecule has 2 aromatic rings. The monoisotopic (exact) mass is 333 g/mol. The van der Waals surface area contributed by atoms with Gasteiger partial charge in [-0.15, -0.1) is 0 Å². The predicted octanol–water partition coefficient (Wildman–Crippen LogP) is 2.65. The zero-order chi connectivity index (χ0) is 17.9. The van der Waals surface area contributed by atoms with Gasteiger partial charge in [-0.2, -0.15) is 0 Å². The molecule has 1 amide bonds. The number of nitrogens with zero attached hydrogens (tertiary/aromatic N) is 2. The Bertz CT molecular complexity index is 781. The van der Waals surface area contributed by atoms with E-state index in [2.05, 4.69) is 4.98 Å². The Labute approximate surface area is 138 Å². The van der Waals surface area contributed by atoms with E-state index < -0.39 is 10.9 Å². The number of amides is 1. The molecule has 0 saturated heterocycles. The minimum Gasteiger partial charge on any atom is -0.481 e. The number of carboxylic acids is 1. The van der Waals surface area contributed by atoms with Crippen LogP contribution in [0.2, 0.25) is 0 Å². The highest BCUT2D eigenvalue weighted by Crippen LogP contribution is 2.26. The number of nitrogens with one attached hydrogen (secondary N) is 1. The first-order chi connectivity index (χ1) is 11.3. The number of aliphatic carboxylic acids is 1. The number of aromatic nitrogens is 1. The molecule has 0 fully saturated rings. The van der Waals surface area contributed by atoms with Gasteiger partial charge < -0.3 is 15.0 Å². The summed E-state index contributed by atoms with van der Waals surface area (Å²) in [7, 11) is 0. The van der Waals surface area contributed by atoms with Crippen LogP contribution >= 0.6 is 0 Å². The fourth-order valence-corrected chi connectivity index (χ4v) is 2.53. The SMILES string of the molecule is CC(C)CN(CCC(=O)O)C(=O)c1cc2cccc([N+](=O)[O-])c2[nH]1. The van der Waals surface area contributed by atoms with Crippen molar-refractivity contribution in [1.29, 1.82) is 0 Å². The molecule has 0 aliphatic rings. The highest BCUT2D eigenvalue weighted by Gasteiger charge is 2.22. The number of rotatable bonds is 7. The van der Waals surface area contributed by atoms with Crippen molar-refractivity contribution in [2.24, 2.45) is 5.92 Å². The van der Waals surface area contributed by atoms with Gasteiger partial charge in [-0.05, 0) is 12.0 Å². The molecule has 0 unspecified atom stereocenters. The van der Waals surface area contributed by atoms with Gasteiger partial charge in [0, 0.05) is 24.5 Å². The van der Waals surface area contributed by atoms with Crippen LogP contribution in [0.25, 0.3) is 10.9 Å². The van der Waals surface area contributed by atoms with E-state index in [1.807, 2.05) is 13.8 Å². The second-order valence-corrected chi connectivity index (χ2v) is 5.97. The van der Waals surface area contributed by atoms with E-state index in [1.165, 1.54) is 11.0 Å². The van der Waals surface area contributed by atoms with E-state index in [1.54, 1.807) is 18.2 Å². The van der Waals surface area contributed by atoms with E-state index in [4.69, 9.17) is 5.11 Å². The van der Waals surface area contributed by atoms with Crippen molar-refractivity contribution in [2.75, 3.05) is 13.1 Å². The maximum atomic E-state index is 12.7. The molecular formula is C16H19N3O5. The van der Waals surface area contributed by atoms with E-state index in [0.717, 1.165) is 0 Å². The zero-order valence-electron chi connectivity index (χ0n) is 13.5. The molecule has 0 aliphatic carbocycles. The van der Waals surface area contributed by atoms with Crippen molar-refractivity contribution in [2.45, 2.75) is 20.3 Å². The number of hydrogen-bond donors (Lipinski definition) is 2. The Morgan fingerprint density at radius 1 is 1.38 bits per heavy atom. The molecule has 1 heterocycles. The Hall–Kier alpha value is -2.90. The first-order valence-corrected chi connectivity index (χ1v) is 7.56. The molecule has 1 aromatic heterocycles. The summed E-state index contributed by atoms with van der Waals surface area (Å²) in [6.07, 6.45) is -0.154. The van der Waals surface area contributed by atoms with Crippen molar-refractivity contribution < 1.29 is 19.6 Å². The van der Waals surface area contributed by atoms with Gasteiger partial charge in [0.15, 0.2) is 0 Å². The second kappa shape index (κ2) is 7.12. The molecule has 2 rings (SSSR count). The van der Waals surface area contributed by atoms with Crippen molar-refractivity contribution >= 4 is 28.5 Å². The molecule has 0 bridgehead atoms. The number of carboxylic acid groups (broad SMARTS) is 1. The number of carbonyl (C=O) groups is 2. The molecule has 8 heteroatoms. The van der Waals surface area contributed by atoms with Crippen molar-refractivity contribution in [3.63, 3.8) is 0 Å². The van der Waals surface area contributed by atoms with E-state index in [-0.39, 0.29) is 41.7 Å². The molecule has 128 valence electrons. The average molecular weight is 333 g/mol. The van der Waals surface area contributed by atoms with Crippen LogP contribution in [0.5, 0.6) is 0 Å². The lowest BCUT2D eigenvalue weighted by Gasteiger charge is -2.23. The van der Waals surface area contributed by atoms with Gasteiger partial charge in [-0.25, -0.2) is 0 Å². The largest absolute Gasteiger partial charge is 0.481 e. The number of carbonyl (C=O) groups excluding carboxylic acids is 1.